The van der Waals surface area contributed by atoms with Crippen molar-refractivity contribution >= 4 is 5.71 Å². The second-order valence-corrected chi connectivity index (χ2v) is 6.82. The van der Waals surface area contributed by atoms with Gasteiger partial charge < -0.3 is 14.3 Å². The molecule has 0 aromatic heterocycles. The number of hydrogen-bond donors (Lipinski definition) is 0. The normalized spacial score (nSPS) is 12.3. The van der Waals surface area contributed by atoms with Crippen molar-refractivity contribution < 1.29 is 27.5 Å². The van der Waals surface area contributed by atoms with E-state index in [2.05, 4.69) is 9.99 Å². The molecule has 0 bridgehead atoms. The van der Waals surface area contributed by atoms with Crippen LogP contribution in [-0.4, -0.2) is 25.6 Å². The fourth-order valence-corrected chi connectivity index (χ4v) is 3.04. The molecular weight excluding hydrogens is 395 g/mol. The summed E-state index contributed by atoms with van der Waals surface area (Å²) in [6.07, 6.45) is -0.768. The summed E-state index contributed by atoms with van der Waals surface area (Å²) in [4.78, 5) is 4.37. The third-order valence-electron chi connectivity index (χ3n) is 4.40. The van der Waals surface area contributed by atoms with Crippen LogP contribution in [0.4, 0.5) is 13.2 Å². The van der Waals surface area contributed by atoms with E-state index < -0.39 is 11.9 Å². The maximum atomic E-state index is 13.2. The van der Waals surface area contributed by atoms with Gasteiger partial charge in [-0.25, -0.2) is 0 Å². The summed E-state index contributed by atoms with van der Waals surface area (Å²) in [6.45, 7) is 8.10. The van der Waals surface area contributed by atoms with Crippen LogP contribution in [0.3, 0.4) is 0 Å². The average molecular weight is 421 g/mol. The Kier molecular flexibility index (Phi) is 7.92. The van der Waals surface area contributed by atoms with Gasteiger partial charge in [-0.3, -0.25) is 0 Å². The molecule has 7 heteroatoms. The van der Waals surface area contributed by atoms with Gasteiger partial charge in [0, 0.05) is 5.56 Å². The van der Waals surface area contributed by atoms with Crippen LogP contribution in [0.1, 0.15) is 34.7 Å². The number of alkyl halides is 3. The molecule has 0 amide bonds. The lowest BCUT2D eigenvalue weighted by molar-refractivity contribution is -0.0608. The second kappa shape index (κ2) is 10.2. The van der Waals surface area contributed by atoms with Crippen LogP contribution in [0.25, 0.3) is 0 Å². The number of aryl methyl sites for hydroxylation is 3. The van der Waals surface area contributed by atoms with Crippen molar-refractivity contribution in [3.63, 3.8) is 0 Å². The third-order valence-corrected chi connectivity index (χ3v) is 4.40. The Morgan fingerprint density at radius 2 is 1.67 bits per heavy atom. The molecule has 0 radical (unpaired) electrons. The Bertz CT molecular complexity index is 911. The number of oxime groups is 1. The van der Waals surface area contributed by atoms with Crippen LogP contribution in [0, 0.1) is 20.8 Å². The summed E-state index contributed by atoms with van der Waals surface area (Å²) in [5.74, 6) is 1.49. The highest BCUT2D eigenvalue weighted by atomic mass is 19.4. The minimum absolute atomic E-state index is 0.0249. The monoisotopic (exact) mass is 421 g/mol. The van der Waals surface area contributed by atoms with Gasteiger partial charge in [-0.1, -0.05) is 35.5 Å². The minimum Gasteiger partial charge on any atom is -0.490 e. The molecular formula is C23H26F3NO3. The molecule has 0 saturated heterocycles. The maximum Gasteiger partial charge on any atom is 0.437 e. The molecule has 2 aromatic rings. The first-order valence-corrected chi connectivity index (χ1v) is 9.43. The van der Waals surface area contributed by atoms with Crippen LogP contribution in [0.15, 0.2) is 47.6 Å². The Morgan fingerprint density at radius 3 is 2.20 bits per heavy atom. The first-order valence-electron chi connectivity index (χ1n) is 9.43. The molecule has 2 rings (SSSR count). The Labute approximate surface area is 174 Å². The molecule has 162 valence electrons. The van der Waals surface area contributed by atoms with Crippen molar-refractivity contribution in [3.8, 4) is 11.5 Å². The Hall–Kier alpha value is -2.96. The molecule has 0 aliphatic carbocycles. The maximum absolute atomic E-state index is 13.2. The van der Waals surface area contributed by atoms with Gasteiger partial charge in [-0.05, 0) is 62.1 Å². The summed E-state index contributed by atoms with van der Waals surface area (Å²) < 4.78 is 51.3. The molecule has 0 heterocycles. The van der Waals surface area contributed by atoms with Gasteiger partial charge in [0.05, 0.1) is 0 Å². The molecule has 30 heavy (non-hydrogen) atoms. The van der Waals surface area contributed by atoms with Gasteiger partial charge in [0.2, 0.25) is 0 Å². The van der Waals surface area contributed by atoms with E-state index in [1.165, 1.54) is 6.07 Å². The highest BCUT2D eigenvalue weighted by Crippen LogP contribution is 2.30. The second-order valence-electron chi connectivity index (χ2n) is 6.82. The molecule has 2 aromatic carbocycles. The smallest absolute Gasteiger partial charge is 0.437 e. The number of rotatable bonds is 8. The largest absolute Gasteiger partial charge is 0.490 e. The minimum atomic E-state index is -4.61. The van der Waals surface area contributed by atoms with E-state index in [0.717, 1.165) is 35.3 Å². The molecule has 0 atom stereocenters. The first-order chi connectivity index (χ1) is 14.2. The van der Waals surface area contributed by atoms with Gasteiger partial charge in [-0.15, -0.1) is 0 Å². The van der Waals surface area contributed by atoms with Crippen LogP contribution in [-0.2, 0) is 11.4 Å². The molecule has 0 spiro atoms. The highest BCUT2D eigenvalue weighted by molar-refractivity contribution is 6.05. The van der Waals surface area contributed by atoms with E-state index in [1.54, 1.807) is 19.1 Å². The van der Waals surface area contributed by atoms with E-state index in [0.29, 0.717) is 12.2 Å². The topological polar surface area (TPSA) is 40.0 Å². The fourth-order valence-electron chi connectivity index (χ4n) is 3.04. The predicted octanol–water partition coefficient (Wildman–Crippen LogP) is 6.06. The van der Waals surface area contributed by atoms with Crippen LogP contribution < -0.4 is 9.47 Å². The van der Waals surface area contributed by atoms with E-state index in [-0.39, 0.29) is 12.2 Å². The van der Waals surface area contributed by atoms with E-state index in [4.69, 9.17) is 9.47 Å². The van der Waals surface area contributed by atoms with Gasteiger partial charge in [-0.2, -0.15) is 13.2 Å². The Balaban J connectivity index is 2.17. The summed E-state index contributed by atoms with van der Waals surface area (Å²) >= 11 is 0. The van der Waals surface area contributed by atoms with Gasteiger partial charge in [0.25, 0.3) is 0 Å². The number of allylic oxidation sites excluding steroid dienone is 1. The SMILES string of the molecule is C/C=C/COc1cc(C)c(OCc2ccc(C(=NOC)C(F)(F)F)c(C)c2)c(C)c1. The zero-order chi connectivity index (χ0) is 22.3. The van der Waals surface area contributed by atoms with Crippen LogP contribution in [0.5, 0.6) is 11.5 Å². The standard InChI is InChI=1S/C23H26F3NO3/c1-6-7-10-29-19-12-16(3)21(17(4)13-19)30-14-18-8-9-20(15(2)11-18)22(27-28-5)23(24,25)26/h6-9,11-13H,10,14H2,1-5H3/b7-6+,27-22?. The van der Waals surface area contributed by atoms with Crippen molar-refractivity contribution in [2.75, 3.05) is 13.7 Å². The lowest BCUT2D eigenvalue weighted by Crippen LogP contribution is -2.25. The van der Waals surface area contributed by atoms with Gasteiger partial charge in [0.1, 0.15) is 31.8 Å². The van der Waals surface area contributed by atoms with Crippen molar-refractivity contribution in [2.24, 2.45) is 5.16 Å². The highest BCUT2D eigenvalue weighted by Gasteiger charge is 2.38. The van der Waals surface area contributed by atoms with Crippen LogP contribution >= 0.6 is 0 Å². The zero-order valence-electron chi connectivity index (χ0n) is 17.8. The van der Waals surface area contributed by atoms with Crippen LogP contribution in [0.2, 0.25) is 0 Å². The average Bonchev–Trinajstić information content (AvgIpc) is 2.65. The number of nitrogens with zero attached hydrogens (tertiary/aromatic N) is 1. The quantitative estimate of drug-likeness (QED) is 0.296. The van der Waals surface area contributed by atoms with E-state index in [1.807, 2.05) is 45.1 Å². The lowest BCUT2D eigenvalue weighted by atomic mass is 10.0. The molecule has 0 unspecified atom stereocenters. The van der Waals surface area contributed by atoms with Gasteiger partial charge in [0.15, 0.2) is 5.71 Å². The van der Waals surface area contributed by atoms with Gasteiger partial charge >= 0.3 is 6.18 Å². The zero-order valence-corrected chi connectivity index (χ0v) is 17.8. The van der Waals surface area contributed by atoms with Crippen molar-refractivity contribution in [3.05, 3.63) is 70.3 Å². The molecule has 0 aliphatic rings. The van der Waals surface area contributed by atoms with Crippen molar-refractivity contribution in [2.45, 2.75) is 40.5 Å². The number of halogens is 3. The lowest BCUT2D eigenvalue weighted by Gasteiger charge is -2.16. The fraction of sp³-hybridized carbons (Fsp3) is 0.348. The number of hydrogen-bond acceptors (Lipinski definition) is 4. The third kappa shape index (κ3) is 6.02. The molecule has 0 saturated carbocycles. The number of benzene rings is 2. The summed E-state index contributed by atoms with van der Waals surface area (Å²) in [5, 5.41) is 3.15. The summed E-state index contributed by atoms with van der Waals surface area (Å²) in [6, 6.07) is 8.44. The molecule has 0 aliphatic heterocycles. The van der Waals surface area contributed by atoms with Crippen molar-refractivity contribution in [1.82, 2.24) is 0 Å². The molecule has 0 fully saturated rings. The van der Waals surface area contributed by atoms with E-state index in [9.17, 15) is 13.2 Å². The molecule has 0 N–H and O–H groups in total. The predicted molar refractivity (Wildman–Crippen MR) is 111 cm³/mol. The molecule has 4 nitrogen and oxygen atoms in total. The van der Waals surface area contributed by atoms with E-state index >= 15 is 0 Å². The summed E-state index contributed by atoms with van der Waals surface area (Å²) in [7, 11) is 1.09. The number of ether oxygens (including phenoxy) is 2. The first kappa shape index (κ1) is 23.3. The Morgan fingerprint density at radius 1 is 1.00 bits per heavy atom. The summed E-state index contributed by atoms with van der Waals surface area (Å²) in [5.41, 5.74) is 1.95. The van der Waals surface area contributed by atoms with Crippen molar-refractivity contribution in [1.29, 1.82) is 0 Å².